The summed E-state index contributed by atoms with van der Waals surface area (Å²) in [6, 6.07) is 0.707. The van der Waals surface area contributed by atoms with Gasteiger partial charge in [-0.2, -0.15) is 5.10 Å². The van der Waals surface area contributed by atoms with Crippen LogP contribution in [0.4, 0.5) is 0 Å². The van der Waals surface area contributed by atoms with Crippen molar-refractivity contribution < 1.29 is 0 Å². The Morgan fingerprint density at radius 1 is 1.36 bits per heavy atom. The molecule has 1 heterocycles. The number of halogens is 1. The average molecular weight is 304 g/mol. The Hall–Kier alpha value is -0.0600. The van der Waals surface area contributed by atoms with Gasteiger partial charge in [0.05, 0.1) is 21.0 Å². The van der Waals surface area contributed by atoms with Crippen molar-refractivity contribution in [1.82, 2.24) is 9.78 Å². The molecule has 1 aromatic heterocycles. The first-order valence-corrected chi connectivity index (χ1v) is 6.61. The highest BCUT2D eigenvalue weighted by Gasteiger charge is 2.24. The predicted molar refractivity (Wildman–Crippen MR) is 66.6 cm³/mol. The number of hydrogen-bond acceptors (Lipinski definition) is 1. The quantitative estimate of drug-likeness (QED) is 0.783. The highest BCUT2D eigenvalue weighted by atomic mass is 127. The molecule has 0 saturated heterocycles. The van der Waals surface area contributed by atoms with Gasteiger partial charge in [0.25, 0.3) is 0 Å². The molecule has 0 radical (unpaired) electrons. The molecule has 1 fully saturated rings. The van der Waals surface area contributed by atoms with Gasteiger partial charge in [0.1, 0.15) is 0 Å². The van der Waals surface area contributed by atoms with Crippen LogP contribution in [-0.2, 0) is 12.8 Å². The summed E-state index contributed by atoms with van der Waals surface area (Å²) in [5, 5.41) is 4.73. The van der Waals surface area contributed by atoms with Crippen LogP contribution < -0.4 is 0 Å². The molecule has 3 heteroatoms. The minimum Gasteiger partial charge on any atom is -0.265 e. The second kappa shape index (κ2) is 4.21. The van der Waals surface area contributed by atoms with Crippen LogP contribution in [0.5, 0.6) is 0 Å². The summed E-state index contributed by atoms with van der Waals surface area (Å²) >= 11 is 2.45. The Bertz CT molecular complexity index is 326. The second-order valence-electron chi connectivity index (χ2n) is 3.94. The molecule has 1 aliphatic rings. The van der Waals surface area contributed by atoms with Crippen LogP contribution in [-0.4, -0.2) is 9.78 Å². The Morgan fingerprint density at radius 2 is 2.07 bits per heavy atom. The largest absolute Gasteiger partial charge is 0.265 e. The lowest BCUT2D eigenvalue weighted by molar-refractivity contribution is 0.281. The van der Waals surface area contributed by atoms with Crippen molar-refractivity contribution in [1.29, 1.82) is 0 Å². The molecule has 0 aromatic carbocycles. The van der Waals surface area contributed by atoms with Gasteiger partial charge in [-0.1, -0.05) is 13.8 Å². The van der Waals surface area contributed by atoms with Gasteiger partial charge in [-0.25, -0.2) is 0 Å². The maximum Gasteiger partial charge on any atom is 0.0758 e. The topological polar surface area (TPSA) is 17.8 Å². The molecule has 0 unspecified atom stereocenters. The van der Waals surface area contributed by atoms with Crippen molar-refractivity contribution in [2.45, 2.75) is 52.0 Å². The zero-order chi connectivity index (χ0) is 10.1. The summed E-state index contributed by atoms with van der Waals surface area (Å²) < 4.78 is 3.70. The van der Waals surface area contributed by atoms with E-state index in [1.807, 2.05) is 0 Å². The van der Waals surface area contributed by atoms with Crippen LogP contribution in [0.15, 0.2) is 0 Å². The molecule has 14 heavy (non-hydrogen) atoms. The summed E-state index contributed by atoms with van der Waals surface area (Å²) in [7, 11) is 0. The monoisotopic (exact) mass is 304 g/mol. The normalized spacial score (nSPS) is 17.1. The van der Waals surface area contributed by atoms with E-state index in [1.54, 1.807) is 0 Å². The van der Waals surface area contributed by atoms with Gasteiger partial charge in [0, 0.05) is 0 Å². The Kier molecular flexibility index (Phi) is 3.14. The third-order valence-corrected chi connectivity index (χ3v) is 4.35. The van der Waals surface area contributed by atoms with Gasteiger partial charge in [0.15, 0.2) is 0 Å². The van der Waals surface area contributed by atoms with Crippen molar-refractivity contribution in [3.05, 3.63) is 15.0 Å². The Labute approximate surface area is 99.2 Å². The van der Waals surface area contributed by atoms with E-state index in [-0.39, 0.29) is 0 Å². The van der Waals surface area contributed by atoms with Gasteiger partial charge in [-0.15, -0.1) is 0 Å². The number of nitrogens with zero attached hydrogens (tertiary/aromatic N) is 2. The standard InChI is InChI=1S/C11H17IN2/c1-3-9-11(12)10(4-2)14(13-9)8-6-5-7-8/h8H,3-7H2,1-2H3. The van der Waals surface area contributed by atoms with Crippen molar-refractivity contribution in [2.24, 2.45) is 0 Å². The molecule has 0 N–H and O–H groups in total. The molecule has 1 aromatic rings. The first kappa shape index (κ1) is 10.5. The second-order valence-corrected chi connectivity index (χ2v) is 5.02. The molecule has 2 rings (SSSR count). The molecule has 0 bridgehead atoms. The summed E-state index contributed by atoms with van der Waals surface area (Å²) in [6.07, 6.45) is 6.21. The smallest absolute Gasteiger partial charge is 0.0758 e. The molecule has 1 aliphatic carbocycles. The van der Waals surface area contributed by atoms with Gasteiger partial charge in [-0.05, 0) is 54.7 Å². The number of aromatic nitrogens is 2. The Morgan fingerprint density at radius 3 is 2.50 bits per heavy atom. The van der Waals surface area contributed by atoms with E-state index in [2.05, 4.69) is 41.1 Å². The van der Waals surface area contributed by atoms with E-state index in [9.17, 15) is 0 Å². The summed E-state index contributed by atoms with van der Waals surface area (Å²) in [6.45, 7) is 4.42. The van der Waals surface area contributed by atoms with E-state index in [4.69, 9.17) is 5.10 Å². The first-order valence-electron chi connectivity index (χ1n) is 5.53. The lowest BCUT2D eigenvalue weighted by Gasteiger charge is -2.27. The van der Waals surface area contributed by atoms with E-state index in [0.29, 0.717) is 6.04 Å². The molecular weight excluding hydrogens is 287 g/mol. The minimum atomic E-state index is 0.707. The van der Waals surface area contributed by atoms with Crippen molar-refractivity contribution in [3.63, 3.8) is 0 Å². The average Bonchev–Trinajstić information content (AvgIpc) is 2.40. The van der Waals surface area contributed by atoms with Crippen LogP contribution >= 0.6 is 22.6 Å². The van der Waals surface area contributed by atoms with Gasteiger partial charge < -0.3 is 0 Å². The van der Waals surface area contributed by atoms with Crippen LogP contribution in [0.2, 0.25) is 0 Å². The summed E-state index contributed by atoms with van der Waals surface area (Å²) in [5.41, 5.74) is 2.74. The first-order chi connectivity index (χ1) is 6.77. The number of hydrogen-bond donors (Lipinski definition) is 0. The van der Waals surface area contributed by atoms with Gasteiger partial charge >= 0.3 is 0 Å². The van der Waals surface area contributed by atoms with Crippen LogP contribution in [0.3, 0.4) is 0 Å². The zero-order valence-corrected chi connectivity index (χ0v) is 11.0. The Balaban J connectivity index is 2.36. The van der Waals surface area contributed by atoms with E-state index < -0.39 is 0 Å². The lowest BCUT2D eigenvalue weighted by Crippen LogP contribution is -2.20. The molecule has 0 atom stereocenters. The van der Waals surface area contributed by atoms with Crippen LogP contribution in [0.1, 0.15) is 50.5 Å². The minimum absolute atomic E-state index is 0.707. The molecule has 0 aliphatic heterocycles. The SMILES string of the molecule is CCc1nn(C2CCC2)c(CC)c1I. The molecule has 78 valence electrons. The maximum atomic E-state index is 4.73. The third-order valence-electron chi connectivity index (χ3n) is 3.10. The molecular formula is C11H17IN2. The van der Waals surface area contributed by atoms with Crippen LogP contribution in [0.25, 0.3) is 0 Å². The lowest BCUT2D eigenvalue weighted by atomic mass is 9.93. The molecule has 0 amide bonds. The molecule has 2 nitrogen and oxygen atoms in total. The summed E-state index contributed by atoms with van der Waals surface area (Å²) in [4.78, 5) is 0. The number of rotatable bonds is 3. The maximum absolute atomic E-state index is 4.73. The van der Waals surface area contributed by atoms with E-state index >= 15 is 0 Å². The van der Waals surface area contributed by atoms with Crippen LogP contribution in [0, 0.1) is 3.57 Å². The highest BCUT2D eigenvalue weighted by Crippen LogP contribution is 2.34. The van der Waals surface area contributed by atoms with E-state index in [0.717, 1.165) is 12.8 Å². The fourth-order valence-corrected chi connectivity index (χ4v) is 3.10. The van der Waals surface area contributed by atoms with Crippen molar-refractivity contribution >= 4 is 22.6 Å². The third kappa shape index (κ3) is 1.59. The van der Waals surface area contributed by atoms with E-state index in [1.165, 1.54) is 34.2 Å². The molecule has 1 saturated carbocycles. The number of aryl methyl sites for hydroxylation is 1. The van der Waals surface area contributed by atoms with Gasteiger partial charge in [-0.3, -0.25) is 4.68 Å². The fraction of sp³-hybridized carbons (Fsp3) is 0.727. The van der Waals surface area contributed by atoms with Crippen molar-refractivity contribution in [3.8, 4) is 0 Å². The fourth-order valence-electron chi connectivity index (χ4n) is 1.98. The van der Waals surface area contributed by atoms with Crippen molar-refractivity contribution in [2.75, 3.05) is 0 Å². The zero-order valence-electron chi connectivity index (χ0n) is 8.89. The predicted octanol–water partition coefficient (Wildman–Crippen LogP) is 3.34. The summed E-state index contributed by atoms with van der Waals surface area (Å²) in [5.74, 6) is 0. The highest BCUT2D eigenvalue weighted by molar-refractivity contribution is 14.1. The molecule has 0 spiro atoms. The van der Waals surface area contributed by atoms with Gasteiger partial charge in [0.2, 0.25) is 0 Å².